The molecule has 1 aliphatic rings. The molecule has 2 heterocycles. The van der Waals surface area contributed by atoms with Gasteiger partial charge in [0.1, 0.15) is 19.0 Å². The first-order valence-corrected chi connectivity index (χ1v) is 8.51. The van der Waals surface area contributed by atoms with Crippen LogP contribution in [0.2, 0.25) is 5.02 Å². The maximum Gasteiger partial charge on any atom is 0.250 e. The third-order valence-corrected chi connectivity index (χ3v) is 4.00. The van der Waals surface area contributed by atoms with E-state index in [1.807, 2.05) is 6.07 Å². The number of hydrogen-bond acceptors (Lipinski definition) is 5. The molecule has 0 fully saturated rings. The van der Waals surface area contributed by atoms with Gasteiger partial charge in [-0.05, 0) is 29.8 Å². The minimum Gasteiger partial charge on any atom is -0.488 e. The van der Waals surface area contributed by atoms with Crippen molar-refractivity contribution in [2.24, 2.45) is 0 Å². The van der Waals surface area contributed by atoms with Crippen molar-refractivity contribution < 1.29 is 19.0 Å². The Morgan fingerprint density at radius 2 is 2.19 bits per heavy atom. The Bertz CT molecular complexity index is 806. The lowest BCUT2D eigenvalue weighted by molar-refractivity contribution is -0.117. The Kier molecular flexibility index (Phi) is 6.09. The summed E-state index contributed by atoms with van der Waals surface area (Å²) in [7, 11) is 1.61. The van der Waals surface area contributed by atoms with Crippen LogP contribution in [0.3, 0.4) is 0 Å². The van der Waals surface area contributed by atoms with E-state index in [0.29, 0.717) is 36.2 Å². The van der Waals surface area contributed by atoms with Gasteiger partial charge in [-0.15, -0.1) is 0 Å². The molecule has 1 amide bonds. The van der Waals surface area contributed by atoms with Crippen LogP contribution in [0, 0.1) is 0 Å². The number of ether oxygens (including phenoxy) is 3. The van der Waals surface area contributed by atoms with Crippen LogP contribution in [0.5, 0.6) is 11.6 Å². The van der Waals surface area contributed by atoms with E-state index in [1.165, 1.54) is 0 Å². The van der Waals surface area contributed by atoms with E-state index in [0.717, 1.165) is 16.9 Å². The molecule has 0 saturated heterocycles. The van der Waals surface area contributed by atoms with Crippen molar-refractivity contribution in [2.75, 3.05) is 26.9 Å². The van der Waals surface area contributed by atoms with E-state index in [9.17, 15) is 4.79 Å². The van der Waals surface area contributed by atoms with Gasteiger partial charge in [0.15, 0.2) is 0 Å². The van der Waals surface area contributed by atoms with Gasteiger partial charge in [0, 0.05) is 36.5 Å². The van der Waals surface area contributed by atoms with Gasteiger partial charge in [-0.25, -0.2) is 4.98 Å². The number of benzene rings is 1. The molecule has 0 spiro atoms. The van der Waals surface area contributed by atoms with Gasteiger partial charge in [-0.1, -0.05) is 17.7 Å². The third kappa shape index (κ3) is 4.74. The van der Waals surface area contributed by atoms with Crippen LogP contribution in [0.25, 0.3) is 6.08 Å². The number of amides is 1. The number of fused-ring (bicyclic) bond motifs is 1. The standard InChI is InChI=1S/C19H19ClN2O4/c1-24-6-7-25-18-5-2-13(10-21-18)11-22-19(23)15-8-14-9-16(20)3-4-17(14)26-12-15/h2-5,8-10H,6-7,11-12H2,1H3,(H,22,23). The van der Waals surface area contributed by atoms with Crippen molar-refractivity contribution in [1.29, 1.82) is 0 Å². The summed E-state index contributed by atoms with van der Waals surface area (Å²) in [5.41, 5.74) is 2.22. The average Bonchev–Trinajstić information content (AvgIpc) is 2.66. The molecule has 1 aliphatic heterocycles. The van der Waals surface area contributed by atoms with Crippen molar-refractivity contribution >= 4 is 23.6 Å². The smallest absolute Gasteiger partial charge is 0.250 e. The predicted molar refractivity (Wildman–Crippen MR) is 98.4 cm³/mol. The van der Waals surface area contributed by atoms with Crippen LogP contribution in [0.4, 0.5) is 0 Å². The van der Waals surface area contributed by atoms with E-state index in [4.69, 9.17) is 25.8 Å². The molecule has 1 aromatic heterocycles. The fourth-order valence-electron chi connectivity index (χ4n) is 2.41. The Balaban J connectivity index is 1.56. The molecule has 0 saturated carbocycles. The molecule has 1 aromatic carbocycles. The van der Waals surface area contributed by atoms with Crippen LogP contribution in [0.15, 0.2) is 42.1 Å². The van der Waals surface area contributed by atoms with E-state index >= 15 is 0 Å². The third-order valence-electron chi connectivity index (χ3n) is 3.76. The number of rotatable bonds is 7. The highest BCUT2D eigenvalue weighted by molar-refractivity contribution is 6.30. The Morgan fingerprint density at radius 1 is 1.31 bits per heavy atom. The molecule has 2 aromatic rings. The Morgan fingerprint density at radius 3 is 2.96 bits per heavy atom. The molecular formula is C19H19ClN2O4. The first-order valence-electron chi connectivity index (χ1n) is 8.13. The van der Waals surface area contributed by atoms with Crippen molar-refractivity contribution in [3.8, 4) is 11.6 Å². The molecule has 7 heteroatoms. The van der Waals surface area contributed by atoms with Gasteiger partial charge in [-0.3, -0.25) is 4.79 Å². The highest BCUT2D eigenvalue weighted by Gasteiger charge is 2.17. The van der Waals surface area contributed by atoms with E-state index < -0.39 is 0 Å². The Labute approximate surface area is 156 Å². The largest absolute Gasteiger partial charge is 0.488 e. The highest BCUT2D eigenvalue weighted by Crippen LogP contribution is 2.28. The molecule has 0 radical (unpaired) electrons. The number of halogens is 1. The van der Waals surface area contributed by atoms with Crippen molar-refractivity contribution in [2.45, 2.75) is 6.54 Å². The predicted octanol–water partition coefficient (Wildman–Crippen LogP) is 2.85. The average molecular weight is 375 g/mol. The second-order valence-electron chi connectivity index (χ2n) is 5.67. The first kappa shape index (κ1) is 18.2. The highest BCUT2D eigenvalue weighted by atomic mass is 35.5. The van der Waals surface area contributed by atoms with Gasteiger partial charge >= 0.3 is 0 Å². The number of nitrogens with one attached hydrogen (secondary N) is 1. The Hall–Kier alpha value is -2.57. The molecule has 136 valence electrons. The minimum atomic E-state index is -0.184. The van der Waals surface area contributed by atoms with E-state index in [1.54, 1.807) is 43.6 Å². The van der Waals surface area contributed by atoms with Gasteiger partial charge in [0.05, 0.1) is 12.2 Å². The van der Waals surface area contributed by atoms with Crippen molar-refractivity contribution in [3.63, 3.8) is 0 Å². The second kappa shape index (κ2) is 8.69. The van der Waals surface area contributed by atoms with Crippen LogP contribution < -0.4 is 14.8 Å². The van der Waals surface area contributed by atoms with Crippen LogP contribution in [0.1, 0.15) is 11.1 Å². The molecular weight excluding hydrogens is 356 g/mol. The maximum atomic E-state index is 12.4. The molecule has 3 rings (SSSR count). The van der Waals surface area contributed by atoms with Crippen molar-refractivity contribution in [3.05, 3.63) is 58.3 Å². The summed E-state index contributed by atoms with van der Waals surface area (Å²) >= 11 is 5.99. The number of methoxy groups -OCH3 is 1. The summed E-state index contributed by atoms with van der Waals surface area (Å²) in [4.78, 5) is 16.6. The number of hydrogen-bond donors (Lipinski definition) is 1. The summed E-state index contributed by atoms with van der Waals surface area (Å²) in [5.74, 6) is 1.06. The van der Waals surface area contributed by atoms with Crippen LogP contribution in [-0.4, -0.2) is 37.8 Å². The maximum absolute atomic E-state index is 12.4. The van der Waals surface area contributed by atoms with Gasteiger partial charge in [-0.2, -0.15) is 0 Å². The zero-order valence-corrected chi connectivity index (χ0v) is 15.1. The second-order valence-corrected chi connectivity index (χ2v) is 6.11. The molecule has 26 heavy (non-hydrogen) atoms. The summed E-state index contributed by atoms with van der Waals surface area (Å²) in [5, 5.41) is 3.47. The SMILES string of the molecule is COCCOc1ccc(CNC(=O)C2=Cc3cc(Cl)ccc3OC2)cn1. The zero-order valence-electron chi connectivity index (χ0n) is 14.3. The number of nitrogens with zero attached hydrogens (tertiary/aromatic N) is 1. The molecule has 0 atom stereocenters. The quantitative estimate of drug-likeness (QED) is 0.755. The molecule has 0 unspecified atom stereocenters. The van der Waals surface area contributed by atoms with Crippen molar-refractivity contribution in [1.82, 2.24) is 10.3 Å². The summed E-state index contributed by atoms with van der Waals surface area (Å²) in [6, 6.07) is 8.95. The monoisotopic (exact) mass is 374 g/mol. The fraction of sp³-hybridized carbons (Fsp3) is 0.263. The topological polar surface area (TPSA) is 69.7 Å². The lowest BCUT2D eigenvalue weighted by Crippen LogP contribution is -2.28. The molecule has 1 N–H and O–H groups in total. The van der Waals surface area contributed by atoms with E-state index in [-0.39, 0.29) is 12.5 Å². The first-order chi connectivity index (χ1) is 12.7. The molecule has 0 bridgehead atoms. The van der Waals surface area contributed by atoms with Crippen LogP contribution in [-0.2, 0) is 16.1 Å². The zero-order chi connectivity index (χ0) is 18.4. The number of carbonyl (C=O) groups is 1. The van der Waals surface area contributed by atoms with E-state index in [2.05, 4.69) is 10.3 Å². The normalized spacial score (nSPS) is 12.6. The van der Waals surface area contributed by atoms with Crippen LogP contribution >= 0.6 is 11.6 Å². The minimum absolute atomic E-state index is 0.184. The van der Waals surface area contributed by atoms with Gasteiger partial charge < -0.3 is 19.5 Å². The number of pyridine rings is 1. The summed E-state index contributed by atoms with van der Waals surface area (Å²) in [6.45, 7) is 1.54. The summed E-state index contributed by atoms with van der Waals surface area (Å²) < 4.78 is 15.9. The fourth-order valence-corrected chi connectivity index (χ4v) is 2.59. The van der Waals surface area contributed by atoms with Gasteiger partial charge in [0.2, 0.25) is 5.88 Å². The van der Waals surface area contributed by atoms with Gasteiger partial charge in [0.25, 0.3) is 5.91 Å². The number of aromatic nitrogens is 1. The lowest BCUT2D eigenvalue weighted by atomic mass is 10.1. The number of carbonyl (C=O) groups excluding carboxylic acids is 1. The summed E-state index contributed by atoms with van der Waals surface area (Å²) in [6.07, 6.45) is 3.47. The molecule has 6 nitrogen and oxygen atoms in total. The molecule has 0 aliphatic carbocycles. The lowest BCUT2D eigenvalue weighted by Gasteiger charge is -2.17.